The van der Waals surface area contributed by atoms with Crippen molar-refractivity contribution in [3.8, 4) is 0 Å². The first kappa shape index (κ1) is 8.01. The molecule has 1 heterocycles. The van der Waals surface area contributed by atoms with E-state index < -0.39 is 0 Å². The van der Waals surface area contributed by atoms with Crippen LogP contribution in [-0.2, 0) is 12.8 Å². The van der Waals surface area contributed by atoms with E-state index in [9.17, 15) is 0 Å². The Hall–Kier alpha value is -0.340. The number of hydrogen-bond acceptors (Lipinski definition) is 2. The molecule has 1 aromatic heterocycles. The molecule has 1 unspecified atom stereocenters. The van der Waals surface area contributed by atoms with Gasteiger partial charge in [0.15, 0.2) is 0 Å². The molecule has 0 radical (unpaired) electrons. The number of rotatable bonds is 2. The molecule has 1 aromatic rings. The van der Waals surface area contributed by atoms with Crippen LogP contribution in [0.15, 0.2) is 5.38 Å². The minimum atomic E-state index is 0.356. The van der Waals surface area contributed by atoms with Crippen molar-refractivity contribution in [2.75, 3.05) is 0 Å². The van der Waals surface area contributed by atoms with Crippen LogP contribution in [0.5, 0.6) is 0 Å². The van der Waals surface area contributed by atoms with Crippen molar-refractivity contribution in [3.05, 3.63) is 21.4 Å². The molecule has 0 amide bonds. The second-order valence-electron chi connectivity index (χ2n) is 4.39. The predicted octanol–water partition coefficient (Wildman–Crippen LogP) is 2.65. The number of aryl methyl sites for hydroxylation is 1. The second-order valence-corrected chi connectivity index (χ2v) is 5.35. The molecule has 3 rings (SSSR count). The third kappa shape index (κ3) is 1.32. The molecular weight excluding hydrogens is 178 g/mol. The zero-order chi connectivity index (χ0) is 8.84. The van der Waals surface area contributed by atoms with Gasteiger partial charge in [-0.15, -0.1) is 11.3 Å². The Bertz CT molecular complexity index is 325. The molecule has 13 heavy (non-hydrogen) atoms. The Morgan fingerprint density at radius 2 is 2.23 bits per heavy atom. The lowest BCUT2D eigenvalue weighted by Gasteiger charge is -2.05. The topological polar surface area (TPSA) is 26.0 Å². The molecule has 2 aliphatic carbocycles. The van der Waals surface area contributed by atoms with Gasteiger partial charge >= 0.3 is 0 Å². The molecule has 0 spiro atoms. The summed E-state index contributed by atoms with van der Waals surface area (Å²) in [5, 5.41) is 2.35. The third-order valence-corrected chi connectivity index (χ3v) is 4.36. The minimum absolute atomic E-state index is 0.356. The van der Waals surface area contributed by atoms with E-state index in [1.165, 1.54) is 37.7 Å². The molecule has 2 heteroatoms. The van der Waals surface area contributed by atoms with Crippen molar-refractivity contribution in [2.45, 2.75) is 38.1 Å². The first-order chi connectivity index (χ1) is 6.34. The summed E-state index contributed by atoms with van der Waals surface area (Å²) >= 11 is 1.93. The van der Waals surface area contributed by atoms with Gasteiger partial charge in [-0.3, -0.25) is 0 Å². The molecule has 0 saturated heterocycles. The monoisotopic (exact) mass is 193 g/mol. The highest BCUT2D eigenvalue weighted by Crippen LogP contribution is 2.41. The largest absolute Gasteiger partial charge is 0.324 e. The van der Waals surface area contributed by atoms with Crippen LogP contribution in [0, 0.1) is 5.92 Å². The molecule has 1 fully saturated rings. The summed E-state index contributed by atoms with van der Waals surface area (Å²) in [6, 6.07) is 0.356. The van der Waals surface area contributed by atoms with Gasteiger partial charge in [0, 0.05) is 10.9 Å². The molecule has 2 N–H and O–H groups in total. The Kier molecular flexibility index (Phi) is 1.74. The second kappa shape index (κ2) is 2.82. The lowest BCUT2D eigenvalue weighted by Crippen LogP contribution is -2.07. The Morgan fingerprint density at radius 3 is 3.00 bits per heavy atom. The third-order valence-electron chi connectivity index (χ3n) is 3.25. The fourth-order valence-corrected chi connectivity index (χ4v) is 3.46. The summed E-state index contributed by atoms with van der Waals surface area (Å²) in [5.74, 6) is 0.992. The van der Waals surface area contributed by atoms with Crippen molar-refractivity contribution in [1.82, 2.24) is 0 Å². The van der Waals surface area contributed by atoms with Crippen LogP contribution in [0.4, 0.5) is 0 Å². The summed E-state index contributed by atoms with van der Waals surface area (Å²) < 4.78 is 0. The van der Waals surface area contributed by atoms with Crippen molar-refractivity contribution in [1.29, 1.82) is 0 Å². The van der Waals surface area contributed by atoms with Crippen molar-refractivity contribution < 1.29 is 0 Å². The van der Waals surface area contributed by atoms with E-state index in [-0.39, 0.29) is 0 Å². The van der Waals surface area contributed by atoms with E-state index in [0.29, 0.717) is 6.04 Å². The van der Waals surface area contributed by atoms with Gasteiger partial charge in [0.2, 0.25) is 0 Å². The number of fused-ring (bicyclic) bond motifs is 1. The number of hydrogen-bond donors (Lipinski definition) is 1. The summed E-state index contributed by atoms with van der Waals surface area (Å²) in [6.45, 7) is 0. The van der Waals surface area contributed by atoms with E-state index in [0.717, 1.165) is 5.92 Å². The number of nitrogens with two attached hydrogens (primary N) is 1. The first-order valence-corrected chi connectivity index (χ1v) is 6.07. The predicted molar refractivity (Wildman–Crippen MR) is 56.0 cm³/mol. The highest BCUT2D eigenvalue weighted by Gasteiger charge is 2.28. The zero-order valence-electron chi connectivity index (χ0n) is 7.75. The van der Waals surface area contributed by atoms with Crippen molar-refractivity contribution in [2.24, 2.45) is 11.7 Å². The molecule has 2 aliphatic rings. The lowest BCUT2D eigenvalue weighted by atomic mass is 10.0. The van der Waals surface area contributed by atoms with E-state index in [2.05, 4.69) is 5.38 Å². The molecule has 1 nitrogen and oxygen atoms in total. The van der Waals surface area contributed by atoms with E-state index in [1.807, 2.05) is 11.3 Å². The van der Waals surface area contributed by atoms with Crippen molar-refractivity contribution in [3.63, 3.8) is 0 Å². The Morgan fingerprint density at radius 1 is 1.38 bits per heavy atom. The molecule has 0 bridgehead atoms. The average Bonchev–Trinajstić information content (AvgIpc) is 2.71. The van der Waals surface area contributed by atoms with Gasteiger partial charge in [0.25, 0.3) is 0 Å². The zero-order valence-corrected chi connectivity index (χ0v) is 8.57. The van der Waals surface area contributed by atoms with E-state index in [4.69, 9.17) is 5.73 Å². The fraction of sp³-hybridized carbons (Fsp3) is 0.636. The summed E-state index contributed by atoms with van der Waals surface area (Å²) in [5.41, 5.74) is 9.20. The van der Waals surface area contributed by atoms with Crippen LogP contribution in [0.1, 0.15) is 41.3 Å². The normalized spacial score (nSPS) is 26.4. The standard InChI is InChI=1S/C11H15NS/c12-9-3-4-10-11(9)8(6-13-10)5-7-1-2-7/h6-7,9H,1-5,12H2. The summed E-state index contributed by atoms with van der Waals surface area (Å²) in [6.07, 6.45) is 6.60. The first-order valence-electron chi connectivity index (χ1n) is 5.19. The van der Waals surface area contributed by atoms with Crippen LogP contribution in [0.2, 0.25) is 0 Å². The summed E-state index contributed by atoms with van der Waals surface area (Å²) in [7, 11) is 0. The molecule has 0 aliphatic heterocycles. The molecule has 1 saturated carbocycles. The Labute approximate surface area is 83.0 Å². The van der Waals surface area contributed by atoms with Crippen LogP contribution in [-0.4, -0.2) is 0 Å². The highest BCUT2D eigenvalue weighted by atomic mass is 32.1. The molecular formula is C11H15NS. The van der Waals surface area contributed by atoms with Gasteiger partial charge in [-0.05, 0) is 54.5 Å². The Balaban J connectivity index is 1.91. The van der Waals surface area contributed by atoms with Gasteiger partial charge < -0.3 is 5.73 Å². The maximum Gasteiger partial charge on any atom is 0.0312 e. The molecule has 0 aromatic carbocycles. The molecule has 70 valence electrons. The van der Waals surface area contributed by atoms with Crippen LogP contribution in [0.25, 0.3) is 0 Å². The lowest BCUT2D eigenvalue weighted by molar-refractivity contribution is 0.700. The number of thiophene rings is 1. The van der Waals surface area contributed by atoms with Gasteiger partial charge in [-0.2, -0.15) is 0 Å². The quantitative estimate of drug-likeness (QED) is 0.767. The van der Waals surface area contributed by atoms with Gasteiger partial charge in [-0.1, -0.05) is 0 Å². The summed E-state index contributed by atoms with van der Waals surface area (Å²) in [4.78, 5) is 1.57. The molecule has 1 atom stereocenters. The van der Waals surface area contributed by atoms with Gasteiger partial charge in [0.05, 0.1) is 0 Å². The van der Waals surface area contributed by atoms with Crippen LogP contribution in [0.3, 0.4) is 0 Å². The van der Waals surface area contributed by atoms with Gasteiger partial charge in [-0.25, -0.2) is 0 Å². The van der Waals surface area contributed by atoms with Gasteiger partial charge in [0.1, 0.15) is 0 Å². The van der Waals surface area contributed by atoms with E-state index in [1.54, 1.807) is 10.4 Å². The van der Waals surface area contributed by atoms with Crippen molar-refractivity contribution >= 4 is 11.3 Å². The maximum atomic E-state index is 6.09. The average molecular weight is 193 g/mol. The SMILES string of the molecule is NC1CCc2scc(CC3CC3)c21. The maximum absolute atomic E-state index is 6.09. The van der Waals surface area contributed by atoms with E-state index >= 15 is 0 Å². The smallest absolute Gasteiger partial charge is 0.0312 e. The van der Waals surface area contributed by atoms with Crippen LogP contribution >= 0.6 is 11.3 Å². The van der Waals surface area contributed by atoms with Crippen LogP contribution < -0.4 is 5.73 Å². The fourth-order valence-electron chi connectivity index (χ4n) is 2.31. The minimum Gasteiger partial charge on any atom is -0.324 e. The highest BCUT2D eigenvalue weighted by molar-refractivity contribution is 7.10.